The Balaban J connectivity index is 1.92. The zero-order valence-electron chi connectivity index (χ0n) is 10.7. The molecule has 0 aliphatic heterocycles. The van der Waals surface area contributed by atoms with Gasteiger partial charge in [-0.05, 0) is 44.2 Å². The molecule has 0 spiro atoms. The Morgan fingerprint density at radius 1 is 1.31 bits per heavy atom. The monoisotopic (exact) mass is 226 g/mol. The van der Waals surface area contributed by atoms with Crippen molar-refractivity contribution in [3.8, 4) is 0 Å². The minimum absolute atomic E-state index is 0.0705. The molecule has 1 saturated carbocycles. The highest BCUT2D eigenvalue weighted by atomic mass is 16.1. The molecule has 1 amide bonds. The number of nitrogens with one attached hydrogen (secondary N) is 2. The molecule has 1 aliphatic carbocycles. The summed E-state index contributed by atoms with van der Waals surface area (Å²) in [5, 5.41) is 6.31. The molecule has 2 N–H and O–H groups in total. The molecule has 0 unspecified atom stereocenters. The topological polar surface area (TPSA) is 41.1 Å². The average molecular weight is 226 g/mol. The van der Waals surface area contributed by atoms with E-state index in [4.69, 9.17) is 0 Å². The van der Waals surface area contributed by atoms with Crippen molar-refractivity contribution in [1.29, 1.82) is 0 Å². The van der Waals surface area contributed by atoms with Crippen molar-refractivity contribution in [2.75, 3.05) is 19.6 Å². The summed E-state index contributed by atoms with van der Waals surface area (Å²) in [6.07, 6.45) is 6.63. The van der Waals surface area contributed by atoms with E-state index >= 15 is 0 Å². The fourth-order valence-electron chi connectivity index (χ4n) is 2.53. The van der Waals surface area contributed by atoms with Crippen LogP contribution >= 0.6 is 0 Å². The highest BCUT2D eigenvalue weighted by Gasteiger charge is 2.17. The van der Waals surface area contributed by atoms with E-state index in [0.29, 0.717) is 0 Å². The van der Waals surface area contributed by atoms with E-state index in [-0.39, 0.29) is 5.91 Å². The minimum atomic E-state index is 0.0705. The summed E-state index contributed by atoms with van der Waals surface area (Å²) < 4.78 is 0. The lowest BCUT2D eigenvalue weighted by molar-refractivity contribution is -0.118. The summed E-state index contributed by atoms with van der Waals surface area (Å²) in [5.74, 6) is 1.87. The number of carbonyl (C=O) groups is 1. The smallest absolute Gasteiger partial charge is 0.216 e. The van der Waals surface area contributed by atoms with Gasteiger partial charge in [0.05, 0.1) is 0 Å². The zero-order valence-corrected chi connectivity index (χ0v) is 10.7. The average Bonchev–Trinajstić information content (AvgIpc) is 2.23. The van der Waals surface area contributed by atoms with Crippen molar-refractivity contribution in [1.82, 2.24) is 10.6 Å². The van der Waals surface area contributed by atoms with Gasteiger partial charge in [0, 0.05) is 13.5 Å². The highest BCUT2D eigenvalue weighted by Crippen LogP contribution is 2.27. The summed E-state index contributed by atoms with van der Waals surface area (Å²) in [7, 11) is 0. The quantitative estimate of drug-likeness (QED) is 0.679. The van der Waals surface area contributed by atoms with Gasteiger partial charge >= 0.3 is 0 Å². The normalized spacial score (nSPS) is 25.4. The van der Waals surface area contributed by atoms with Gasteiger partial charge < -0.3 is 10.6 Å². The third-order valence-electron chi connectivity index (χ3n) is 3.38. The van der Waals surface area contributed by atoms with Crippen molar-refractivity contribution in [3.63, 3.8) is 0 Å². The fourth-order valence-corrected chi connectivity index (χ4v) is 2.53. The van der Waals surface area contributed by atoms with Crippen LogP contribution in [-0.4, -0.2) is 25.5 Å². The van der Waals surface area contributed by atoms with Crippen LogP contribution in [0.3, 0.4) is 0 Å². The first-order valence-corrected chi connectivity index (χ1v) is 6.63. The van der Waals surface area contributed by atoms with Gasteiger partial charge in [-0.3, -0.25) is 4.79 Å². The first-order valence-electron chi connectivity index (χ1n) is 6.63. The minimum Gasteiger partial charge on any atom is -0.356 e. The Kier molecular flexibility index (Phi) is 6.46. The summed E-state index contributed by atoms with van der Waals surface area (Å²) in [6.45, 7) is 6.90. The second-order valence-corrected chi connectivity index (χ2v) is 5.18. The summed E-state index contributed by atoms with van der Waals surface area (Å²) in [4.78, 5) is 10.6. The van der Waals surface area contributed by atoms with Gasteiger partial charge in [-0.2, -0.15) is 0 Å². The van der Waals surface area contributed by atoms with Crippen LogP contribution < -0.4 is 10.6 Å². The lowest BCUT2D eigenvalue weighted by Gasteiger charge is -2.26. The van der Waals surface area contributed by atoms with Crippen LogP contribution in [0.15, 0.2) is 0 Å². The van der Waals surface area contributed by atoms with E-state index in [2.05, 4.69) is 17.6 Å². The molecule has 0 radical (unpaired) electrons. The van der Waals surface area contributed by atoms with Gasteiger partial charge in [0.25, 0.3) is 0 Å². The molecule has 0 aromatic carbocycles. The maximum absolute atomic E-state index is 10.6. The van der Waals surface area contributed by atoms with E-state index in [1.165, 1.54) is 25.7 Å². The number of hydrogen-bond acceptors (Lipinski definition) is 2. The molecule has 3 nitrogen and oxygen atoms in total. The molecule has 0 aromatic rings. The maximum Gasteiger partial charge on any atom is 0.216 e. The van der Waals surface area contributed by atoms with Crippen LogP contribution in [-0.2, 0) is 4.79 Å². The fraction of sp³-hybridized carbons (Fsp3) is 0.923. The molecule has 1 rings (SSSR count). The molecular weight excluding hydrogens is 200 g/mol. The number of rotatable bonds is 6. The molecule has 0 bridgehead atoms. The Labute approximate surface area is 99.4 Å². The van der Waals surface area contributed by atoms with Crippen molar-refractivity contribution in [2.45, 2.75) is 46.0 Å². The zero-order chi connectivity index (χ0) is 11.8. The van der Waals surface area contributed by atoms with Crippen molar-refractivity contribution >= 4 is 5.91 Å². The first-order chi connectivity index (χ1) is 7.68. The first kappa shape index (κ1) is 13.5. The Morgan fingerprint density at radius 3 is 2.81 bits per heavy atom. The Hall–Kier alpha value is -0.570. The molecule has 0 saturated heterocycles. The molecule has 16 heavy (non-hydrogen) atoms. The van der Waals surface area contributed by atoms with E-state index in [9.17, 15) is 4.79 Å². The molecule has 1 fully saturated rings. The van der Waals surface area contributed by atoms with Crippen LogP contribution in [0.4, 0.5) is 0 Å². The van der Waals surface area contributed by atoms with Gasteiger partial charge in [-0.1, -0.05) is 19.8 Å². The van der Waals surface area contributed by atoms with E-state index < -0.39 is 0 Å². The lowest BCUT2D eigenvalue weighted by atomic mass is 9.82. The molecule has 1 aliphatic rings. The van der Waals surface area contributed by atoms with Crippen molar-refractivity contribution in [2.24, 2.45) is 11.8 Å². The molecule has 3 heteroatoms. The second kappa shape index (κ2) is 7.66. The van der Waals surface area contributed by atoms with Gasteiger partial charge in [0.1, 0.15) is 0 Å². The number of carbonyl (C=O) groups excluding carboxylic acids is 1. The molecule has 2 atom stereocenters. The van der Waals surface area contributed by atoms with Gasteiger partial charge in [-0.25, -0.2) is 0 Å². The Bertz CT molecular complexity index is 206. The van der Waals surface area contributed by atoms with E-state index in [1.54, 1.807) is 6.92 Å². The summed E-state index contributed by atoms with van der Waals surface area (Å²) >= 11 is 0. The molecule has 0 heterocycles. The largest absolute Gasteiger partial charge is 0.356 e. The Morgan fingerprint density at radius 2 is 2.12 bits per heavy atom. The molecular formula is C13H26N2O. The predicted molar refractivity (Wildman–Crippen MR) is 67.3 cm³/mol. The summed E-state index contributed by atoms with van der Waals surface area (Å²) in [6, 6.07) is 0. The van der Waals surface area contributed by atoms with Crippen molar-refractivity contribution < 1.29 is 4.79 Å². The van der Waals surface area contributed by atoms with Gasteiger partial charge in [0.2, 0.25) is 5.91 Å². The van der Waals surface area contributed by atoms with Crippen LogP contribution in [0.1, 0.15) is 46.0 Å². The molecule has 94 valence electrons. The van der Waals surface area contributed by atoms with Crippen LogP contribution in [0.2, 0.25) is 0 Å². The predicted octanol–water partition coefficient (Wildman–Crippen LogP) is 1.93. The SMILES string of the molecule is CC(=O)NCCCNC[C@H]1CCC[C@@H](C)C1. The van der Waals surface area contributed by atoms with Crippen LogP contribution in [0.25, 0.3) is 0 Å². The highest BCUT2D eigenvalue weighted by molar-refractivity contribution is 5.72. The lowest BCUT2D eigenvalue weighted by Crippen LogP contribution is -2.29. The number of amides is 1. The third kappa shape index (κ3) is 6.11. The third-order valence-corrected chi connectivity index (χ3v) is 3.38. The van der Waals surface area contributed by atoms with Crippen LogP contribution in [0.5, 0.6) is 0 Å². The van der Waals surface area contributed by atoms with Crippen molar-refractivity contribution in [3.05, 3.63) is 0 Å². The molecule has 0 aromatic heterocycles. The van der Waals surface area contributed by atoms with E-state index in [0.717, 1.165) is 37.9 Å². The van der Waals surface area contributed by atoms with E-state index in [1.807, 2.05) is 0 Å². The standard InChI is InChI=1S/C13H26N2O/c1-11-5-3-6-13(9-11)10-14-7-4-8-15-12(2)16/h11,13-14H,3-10H2,1-2H3,(H,15,16)/t11-,13+/m1/s1. The van der Waals surface area contributed by atoms with Crippen LogP contribution in [0, 0.1) is 11.8 Å². The number of hydrogen-bond donors (Lipinski definition) is 2. The maximum atomic E-state index is 10.6. The van der Waals surface area contributed by atoms with Gasteiger partial charge in [-0.15, -0.1) is 0 Å². The second-order valence-electron chi connectivity index (χ2n) is 5.18. The summed E-state index contributed by atoms with van der Waals surface area (Å²) in [5.41, 5.74) is 0. The van der Waals surface area contributed by atoms with Gasteiger partial charge in [0.15, 0.2) is 0 Å².